The van der Waals surface area contributed by atoms with Crippen molar-refractivity contribution in [3.8, 4) is 17.6 Å². The third-order valence-electron chi connectivity index (χ3n) is 3.83. The average Bonchev–Trinajstić information content (AvgIpc) is 2.67. The standard InChI is InChI=1S/C19H17N3O5/c1-12(13-6-4-3-5-7-13)21-19(24)15(11-20)8-14-9-16(22(25)26)10-17(27-2)18(14)23/h3-10,12,23H,1-2H3,(H,21,24)/b15-8-/t12-/m1/s1. The maximum Gasteiger partial charge on any atom is 0.274 e. The topological polar surface area (TPSA) is 125 Å². The van der Waals surface area contributed by atoms with E-state index in [1.165, 1.54) is 7.11 Å². The molecule has 2 N–H and O–H groups in total. The zero-order chi connectivity index (χ0) is 20.0. The quantitative estimate of drug-likeness (QED) is 0.350. The highest BCUT2D eigenvalue weighted by Crippen LogP contribution is 2.35. The fourth-order valence-corrected chi connectivity index (χ4v) is 2.39. The lowest BCUT2D eigenvalue weighted by Crippen LogP contribution is -2.27. The van der Waals surface area contributed by atoms with Crippen molar-refractivity contribution < 1.29 is 19.6 Å². The molecule has 8 nitrogen and oxygen atoms in total. The number of carbonyl (C=O) groups is 1. The molecule has 1 amide bonds. The SMILES string of the molecule is COc1cc([N+](=O)[O-])cc(/C=C(/C#N)C(=O)N[C@H](C)c2ccccc2)c1O. The summed E-state index contributed by atoms with van der Waals surface area (Å²) in [5.74, 6) is -1.20. The summed E-state index contributed by atoms with van der Waals surface area (Å²) in [5, 5.41) is 33.2. The molecule has 0 saturated heterocycles. The summed E-state index contributed by atoms with van der Waals surface area (Å²) < 4.78 is 4.91. The molecular weight excluding hydrogens is 350 g/mol. The van der Waals surface area contributed by atoms with Crippen molar-refractivity contribution >= 4 is 17.7 Å². The van der Waals surface area contributed by atoms with Crippen LogP contribution in [0.2, 0.25) is 0 Å². The van der Waals surface area contributed by atoms with Crippen LogP contribution in [-0.2, 0) is 4.79 Å². The number of nitrogens with one attached hydrogen (secondary N) is 1. The van der Waals surface area contributed by atoms with E-state index in [0.29, 0.717) is 0 Å². The number of methoxy groups -OCH3 is 1. The number of hydrogen-bond donors (Lipinski definition) is 2. The first-order valence-electron chi connectivity index (χ1n) is 7.90. The van der Waals surface area contributed by atoms with Crippen LogP contribution in [-0.4, -0.2) is 23.0 Å². The zero-order valence-corrected chi connectivity index (χ0v) is 14.7. The summed E-state index contributed by atoms with van der Waals surface area (Å²) in [6, 6.07) is 12.7. The fraction of sp³-hybridized carbons (Fsp3) is 0.158. The van der Waals surface area contributed by atoms with Gasteiger partial charge < -0.3 is 15.2 Å². The van der Waals surface area contributed by atoms with E-state index in [0.717, 1.165) is 23.8 Å². The van der Waals surface area contributed by atoms with Crippen molar-refractivity contribution in [3.63, 3.8) is 0 Å². The van der Waals surface area contributed by atoms with Gasteiger partial charge in [-0.15, -0.1) is 0 Å². The number of rotatable bonds is 6. The molecule has 0 fully saturated rings. The summed E-state index contributed by atoms with van der Waals surface area (Å²) in [4.78, 5) is 22.8. The summed E-state index contributed by atoms with van der Waals surface area (Å²) in [6.45, 7) is 1.76. The van der Waals surface area contributed by atoms with E-state index in [1.54, 1.807) is 13.0 Å². The number of non-ortho nitro benzene ring substituents is 1. The van der Waals surface area contributed by atoms with Gasteiger partial charge in [-0.1, -0.05) is 30.3 Å². The smallest absolute Gasteiger partial charge is 0.274 e. The molecule has 138 valence electrons. The van der Waals surface area contributed by atoms with Gasteiger partial charge in [0.25, 0.3) is 11.6 Å². The second kappa shape index (κ2) is 8.49. The van der Waals surface area contributed by atoms with Crippen LogP contribution >= 0.6 is 0 Å². The molecule has 2 rings (SSSR count). The number of benzene rings is 2. The number of ether oxygens (including phenoxy) is 1. The van der Waals surface area contributed by atoms with Gasteiger partial charge in [-0.3, -0.25) is 14.9 Å². The predicted octanol–water partition coefficient (Wildman–Crippen LogP) is 3.09. The van der Waals surface area contributed by atoms with Crippen LogP contribution in [0.25, 0.3) is 6.08 Å². The van der Waals surface area contributed by atoms with Crippen molar-refractivity contribution in [2.45, 2.75) is 13.0 Å². The maximum atomic E-state index is 12.4. The number of carbonyl (C=O) groups excluding carboxylic acids is 1. The number of aromatic hydroxyl groups is 1. The van der Waals surface area contributed by atoms with Crippen molar-refractivity contribution in [2.24, 2.45) is 0 Å². The van der Waals surface area contributed by atoms with Gasteiger partial charge in [0.2, 0.25) is 0 Å². The highest BCUT2D eigenvalue weighted by Gasteiger charge is 2.19. The normalized spacial score (nSPS) is 12.0. The number of amides is 1. The maximum absolute atomic E-state index is 12.4. The van der Waals surface area contributed by atoms with Crippen molar-refractivity contribution in [1.29, 1.82) is 5.26 Å². The molecule has 0 aliphatic carbocycles. The van der Waals surface area contributed by atoms with Gasteiger partial charge >= 0.3 is 0 Å². The van der Waals surface area contributed by atoms with Gasteiger partial charge in [0.05, 0.1) is 24.1 Å². The van der Waals surface area contributed by atoms with Crippen LogP contribution in [0.4, 0.5) is 5.69 Å². The molecule has 0 radical (unpaired) electrons. The minimum atomic E-state index is -0.668. The van der Waals surface area contributed by atoms with Gasteiger partial charge in [0.15, 0.2) is 11.5 Å². The van der Waals surface area contributed by atoms with E-state index in [2.05, 4.69) is 5.32 Å². The highest BCUT2D eigenvalue weighted by molar-refractivity contribution is 6.02. The third kappa shape index (κ3) is 4.61. The average molecular weight is 367 g/mol. The molecule has 0 aliphatic heterocycles. The first-order valence-corrected chi connectivity index (χ1v) is 7.90. The minimum Gasteiger partial charge on any atom is -0.504 e. The molecule has 2 aromatic carbocycles. The second-order valence-corrected chi connectivity index (χ2v) is 5.62. The number of hydrogen-bond acceptors (Lipinski definition) is 6. The number of nitro benzene ring substituents is 1. The predicted molar refractivity (Wildman–Crippen MR) is 97.9 cm³/mol. The molecule has 27 heavy (non-hydrogen) atoms. The number of phenols is 1. The van der Waals surface area contributed by atoms with Gasteiger partial charge in [-0.2, -0.15) is 5.26 Å². The number of nitro groups is 1. The lowest BCUT2D eigenvalue weighted by molar-refractivity contribution is -0.385. The van der Waals surface area contributed by atoms with Crippen LogP contribution < -0.4 is 10.1 Å². The Morgan fingerprint density at radius 1 is 1.37 bits per heavy atom. The zero-order valence-electron chi connectivity index (χ0n) is 14.7. The summed E-state index contributed by atoms with van der Waals surface area (Å²) in [6.07, 6.45) is 1.08. The molecule has 1 atom stereocenters. The van der Waals surface area contributed by atoms with Crippen LogP contribution in [0.15, 0.2) is 48.0 Å². The van der Waals surface area contributed by atoms with Crippen LogP contribution in [0.1, 0.15) is 24.1 Å². The number of phenolic OH excluding ortho intramolecular Hbond substituents is 1. The summed E-state index contributed by atoms with van der Waals surface area (Å²) >= 11 is 0. The lowest BCUT2D eigenvalue weighted by Gasteiger charge is -2.14. The largest absolute Gasteiger partial charge is 0.504 e. The number of nitrogens with zero attached hydrogens (tertiary/aromatic N) is 2. The Bertz CT molecular complexity index is 932. The Balaban J connectivity index is 2.35. The molecule has 0 bridgehead atoms. The van der Waals surface area contributed by atoms with Gasteiger partial charge in [-0.05, 0) is 18.6 Å². The molecule has 0 unspecified atom stereocenters. The molecule has 0 aromatic heterocycles. The first kappa shape index (κ1) is 19.5. The first-order chi connectivity index (χ1) is 12.9. The highest BCUT2D eigenvalue weighted by atomic mass is 16.6. The van der Waals surface area contributed by atoms with E-state index < -0.39 is 16.6 Å². The Hall–Kier alpha value is -3.86. The van der Waals surface area contributed by atoms with E-state index in [-0.39, 0.29) is 28.6 Å². The summed E-state index contributed by atoms with van der Waals surface area (Å²) in [5.41, 5.74) is 0.130. The van der Waals surface area contributed by atoms with E-state index in [1.807, 2.05) is 30.3 Å². The van der Waals surface area contributed by atoms with Gasteiger partial charge in [0, 0.05) is 11.6 Å². The monoisotopic (exact) mass is 367 g/mol. The minimum absolute atomic E-state index is 0.0693. The Kier molecular flexibility index (Phi) is 6.12. The summed E-state index contributed by atoms with van der Waals surface area (Å²) in [7, 11) is 1.24. The van der Waals surface area contributed by atoms with Gasteiger partial charge in [0.1, 0.15) is 11.6 Å². The van der Waals surface area contributed by atoms with Crippen molar-refractivity contribution in [1.82, 2.24) is 5.32 Å². The van der Waals surface area contributed by atoms with Gasteiger partial charge in [-0.25, -0.2) is 0 Å². The molecule has 0 spiro atoms. The molecule has 0 heterocycles. The van der Waals surface area contributed by atoms with Crippen molar-refractivity contribution in [2.75, 3.05) is 7.11 Å². The number of nitriles is 1. The molecule has 0 saturated carbocycles. The van der Waals surface area contributed by atoms with E-state index in [9.17, 15) is 25.3 Å². The third-order valence-corrected chi connectivity index (χ3v) is 3.83. The Morgan fingerprint density at radius 2 is 2.04 bits per heavy atom. The van der Waals surface area contributed by atoms with Crippen LogP contribution in [0.5, 0.6) is 11.5 Å². The molecular formula is C19H17N3O5. The molecule has 8 heteroatoms. The van der Waals surface area contributed by atoms with E-state index in [4.69, 9.17) is 4.74 Å². The van der Waals surface area contributed by atoms with Crippen LogP contribution in [0, 0.1) is 21.4 Å². The Morgan fingerprint density at radius 3 is 2.59 bits per heavy atom. The van der Waals surface area contributed by atoms with Crippen molar-refractivity contribution in [3.05, 3.63) is 69.3 Å². The lowest BCUT2D eigenvalue weighted by atomic mass is 10.1. The molecule has 2 aromatic rings. The van der Waals surface area contributed by atoms with Crippen LogP contribution in [0.3, 0.4) is 0 Å². The van der Waals surface area contributed by atoms with E-state index >= 15 is 0 Å². The molecule has 0 aliphatic rings. The second-order valence-electron chi connectivity index (χ2n) is 5.62. The Labute approximate surface area is 155 Å². The fourth-order valence-electron chi connectivity index (χ4n) is 2.39.